The SMILES string of the molecule is N=C(N=Cc1ccccc1)c1cccc([Si]c2ccccc2)c1. The molecule has 3 aromatic carbocycles. The van der Waals surface area contributed by atoms with Gasteiger partial charge < -0.3 is 0 Å². The molecule has 23 heavy (non-hydrogen) atoms. The maximum atomic E-state index is 8.16. The number of hydrogen-bond donors (Lipinski definition) is 1. The number of amidine groups is 1. The summed E-state index contributed by atoms with van der Waals surface area (Å²) in [4.78, 5) is 4.27. The van der Waals surface area contributed by atoms with Crippen molar-refractivity contribution in [1.82, 2.24) is 0 Å². The van der Waals surface area contributed by atoms with Crippen molar-refractivity contribution in [2.45, 2.75) is 0 Å². The van der Waals surface area contributed by atoms with Gasteiger partial charge in [-0.1, -0.05) is 95.3 Å². The molecule has 0 aliphatic heterocycles. The Hall–Kier alpha value is -2.78. The molecule has 0 amide bonds. The van der Waals surface area contributed by atoms with E-state index in [-0.39, 0.29) is 5.84 Å². The number of rotatable bonds is 4. The Morgan fingerprint density at radius 3 is 2.17 bits per heavy atom. The van der Waals surface area contributed by atoms with Gasteiger partial charge >= 0.3 is 0 Å². The van der Waals surface area contributed by atoms with Gasteiger partial charge in [0.05, 0.1) is 0 Å². The van der Waals surface area contributed by atoms with Crippen LogP contribution in [0.3, 0.4) is 0 Å². The van der Waals surface area contributed by atoms with Crippen molar-refractivity contribution in [2.24, 2.45) is 4.99 Å². The first-order valence-electron chi connectivity index (χ1n) is 7.41. The van der Waals surface area contributed by atoms with E-state index >= 15 is 0 Å². The summed E-state index contributed by atoms with van der Waals surface area (Å²) < 4.78 is 0. The Labute approximate surface area is 138 Å². The lowest BCUT2D eigenvalue weighted by Crippen LogP contribution is -2.27. The maximum absolute atomic E-state index is 8.16. The Morgan fingerprint density at radius 2 is 1.43 bits per heavy atom. The quantitative estimate of drug-likeness (QED) is 0.437. The molecule has 3 heteroatoms. The second kappa shape index (κ2) is 7.47. The summed E-state index contributed by atoms with van der Waals surface area (Å²) in [5.41, 5.74) is 1.85. The number of hydrogen-bond acceptors (Lipinski definition) is 1. The summed E-state index contributed by atoms with van der Waals surface area (Å²) in [5, 5.41) is 10.7. The standard InChI is InChI=1S/C20H16N2Si/c21-20(22-15-16-8-3-1-4-9-16)17-10-7-13-19(14-17)23-18-11-5-2-6-12-18/h1-15,21H. The van der Waals surface area contributed by atoms with Gasteiger partial charge in [-0.15, -0.1) is 0 Å². The van der Waals surface area contributed by atoms with E-state index in [2.05, 4.69) is 41.4 Å². The predicted octanol–water partition coefficient (Wildman–Crippen LogP) is 2.79. The first kappa shape index (κ1) is 15.1. The molecule has 0 saturated carbocycles. The van der Waals surface area contributed by atoms with E-state index < -0.39 is 0 Å². The van der Waals surface area contributed by atoms with Crippen molar-refractivity contribution < 1.29 is 0 Å². The normalized spacial score (nSPS) is 10.8. The van der Waals surface area contributed by atoms with Crippen LogP contribution >= 0.6 is 0 Å². The highest BCUT2D eigenvalue weighted by molar-refractivity contribution is 6.67. The zero-order valence-corrected chi connectivity index (χ0v) is 13.6. The third kappa shape index (κ3) is 4.34. The number of aliphatic imine (C=N–C) groups is 1. The predicted molar refractivity (Wildman–Crippen MR) is 98.8 cm³/mol. The van der Waals surface area contributed by atoms with Crippen LogP contribution < -0.4 is 10.4 Å². The molecule has 0 unspecified atom stereocenters. The smallest absolute Gasteiger partial charge is 0.151 e. The Kier molecular flexibility index (Phi) is 4.91. The molecule has 0 saturated heterocycles. The minimum Gasteiger partial charge on any atom is -0.282 e. The average molecular weight is 312 g/mol. The highest BCUT2D eigenvalue weighted by Crippen LogP contribution is 2.01. The van der Waals surface area contributed by atoms with Gasteiger partial charge in [-0.3, -0.25) is 5.41 Å². The van der Waals surface area contributed by atoms with Gasteiger partial charge in [0.1, 0.15) is 9.52 Å². The number of nitrogens with one attached hydrogen (secondary N) is 1. The van der Waals surface area contributed by atoms with Crippen molar-refractivity contribution in [3.63, 3.8) is 0 Å². The fraction of sp³-hybridized carbons (Fsp3) is 0. The van der Waals surface area contributed by atoms with Gasteiger partial charge in [-0.05, 0) is 5.56 Å². The van der Waals surface area contributed by atoms with Gasteiger partial charge in [0.15, 0.2) is 5.84 Å². The monoisotopic (exact) mass is 312 g/mol. The summed E-state index contributed by atoms with van der Waals surface area (Å²) in [6, 6.07) is 28.3. The molecular weight excluding hydrogens is 296 g/mol. The van der Waals surface area contributed by atoms with E-state index in [1.54, 1.807) is 6.21 Å². The van der Waals surface area contributed by atoms with Gasteiger partial charge in [-0.25, -0.2) is 4.99 Å². The van der Waals surface area contributed by atoms with E-state index in [1.807, 2.05) is 48.5 Å². The van der Waals surface area contributed by atoms with E-state index in [9.17, 15) is 0 Å². The molecule has 0 aliphatic carbocycles. The second-order valence-corrected chi connectivity index (χ2v) is 6.49. The molecule has 1 N–H and O–H groups in total. The van der Waals surface area contributed by atoms with Crippen molar-refractivity contribution in [1.29, 1.82) is 5.41 Å². The number of nitrogens with zero attached hydrogens (tertiary/aromatic N) is 1. The van der Waals surface area contributed by atoms with Crippen molar-refractivity contribution in [2.75, 3.05) is 0 Å². The lowest BCUT2D eigenvalue weighted by molar-refractivity contribution is 1.43. The van der Waals surface area contributed by atoms with Crippen LogP contribution in [0.5, 0.6) is 0 Å². The van der Waals surface area contributed by atoms with Crippen molar-refractivity contribution >= 4 is 31.9 Å². The molecule has 0 spiro atoms. The average Bonchev–Trinajstić information content (AvgIpc) is 2.62. The molecular formula is C20H16N2Si. The number of benzene rings is 3. The maximum Gasteiger partial charge on any atom is 0.151 e. The molecule has 110 valence electrons. The fourth-order valence-corrected chi connectivity index (χ4v) is 3.28. The lowest BCUT2D eigenvalue weighted by atomic mass is 10.2. The van der Waals surface area contributed by atoms with Crippen LogP contribution in [0.25, 0.3) is 0 Å². The molecule has 0 aliphatic rings. The van der Waals surface area contributed by atoms with Gasteiger partial charge in [0.25, 0.3) is 0 Å². The lowest BCUT2D eigenvalue weighted by Gasteiger charge is -2.04. The van der Waals surface area contributed by atoms with E-state index in [1.165, 1.54) is 10.4 Å². The highest BCUT2D eigenvalue weighted by Gasteiger charge is 2.03. The molecule has 3 aromatic rings. The highest BCUT2D eigenvalue weighted by atomic mass is 28.2. The minimum atomic E-state index is 0.286. The molecule has 2 nitrogen and oxygen atoms in total. The van der Waals surface area contributed by atoms with Gasteiger partial charge in [0.2, 0.25) is 0 Å². The molecule has 2 radical (unpaired) electrons. The summed E-state index contributed by atoms with van der Waals surface area (Å²) in [6.45, 7) is 0. The van der Waals surface area contributed by atoms with Crippen LogP contribution in [0.2, 0.25) is 0 Å². The van der Waals surface area contributed by atoms with Crippen LogP contribution in [0.15, 0.2) is 89.9 Å². The van der Waals surface area contributed by atoms with Gasteiger partial charge in [-0.2, -0.15) is 0 Å². The minimum absolute atomic E-state index is 0.286. The Bertz CT molecular complexity index is 811. The largest absolute Gasteiger partial charge is 0.282 e. The first-order valence-corrected chi connectivity index (χ1v) is 8.41. The fourth-order valence-electron chi connectivity index (χ4n) is 2.19. The third-order valence-electron chi connectivity index (χ3n) is 3.34. The van der Waals surface area contributed by atoms with Crippen LogP contribution in [0.1, 0.15) is 11.1 Å². The van der Waals surface area contributed by atoms with E-state index in [0.29, 0.717) is 9.52 Å². The van der Waals surface area contributed by atoms with Crippen LogP contribution in [0.4, 0.5) is 0 Å². The Balaban J connectivity index is 1.74. The second-order valence-electron chi connectivity index (χ2n) is 5.09. The van der Waals surface area contributed by atoms with Crippen molar-refractivity contribution in [3.8, 4) is 0 Å². The summed E-state index contributed by atoms with van der Waals surface area (Å²) in [6.07, 6.45) is 1.73. The van der Waals surface area contributed by atoms with E-state index in [4.69, 9.17) is 5.41 Å². The summed E-state index contributed by atoms with van der Waals surface area (Å²) in [5.74, 6) is 0.286. The molecule has 0 aromatic heterocycles. The topological polar surface area (TPSA) is 36.2 Å². The van der Waals surface area contributed by atoms with Crippen LogP contribution in [0, 0.1) is 5.41 Å². The summed E-state index contributed by atoms with van der Waals surface area (Å²) >= 11 is 0. The zero-order chi connectivity index (χ0) is 15.9. The van der Waals surface area contributed by atoms with Crippen molar-refractivity contribution in [3.05, 3.63) is 96.1 Å². The van der Waals surface area contributed by atoms with Crippen LogP contribution in [-0.2, 0) is 0 Å². The van der Waals surface area contributed by atoms with Crippen LogP contribution in [-0.4, -0.2) is 21.6 Å². The molecule has 0 fully saturated rings. The molecule has 0 heterocycles. The summed E-state index contributed by atoms with van der Waals surface area (Å²) in [7, 11) is 0.592. The first-order chi connectivity index (χ1) is 11.3. The zero-order valence-electron chi connectivity index (χ0n) is 12.6. The Morgan fingerprint density at radius 1 is 0.783 bits per heavy atom. The molecule has 0 bridgehead atoms. The van der Waals surface area contributed by atoms with Gasteiger partial charge in [0, 0.05) is 11.8 Å². The third-order valence-corrected chi connectivity index (χ3v) is 4.56. The molecule has 3 rings (SSSR count). The van der Waals surface area contributed by atoms with E-state index in [0.717, 1.165) is 11.1 Å². The molecule has 0 atom stereocenters.